The number of amides is 1. The van der Waals surface area contributed by atoms with Gasteiger partial charge in [0.05, 0.1) is 34.8 Å². The topological polar surface area (TPSA) is 94.8 Å². The molecule has 0 saturated carbocycles. The first kappa shape index (κ1) is 20.8. The minimum Gasteiger partial charge on any atom is -0.497 e. The summed E-state index contributed by atoms with van der Waals surface area (Å²) in [5, 5.41) is 11.0. The zero-order chi connectivity index (χ0) is 22.0. The zero-order valence-corrected chi connectivity index (χ0v) is 18.5. The highest BCUT2D eigenvalue weighted by Crippen LogP contribution is 2.31. The maximum absolute atomic E-state index is 12.8. The predicted octanol–water partition coefficient (Wildman–Crippen LogP) is 3.96. The summed E-state index contributed by atoms with van der Waals surface area (Å²) in [6.07, 6.45) is 0. The van der Waals surface area contributed by atoms with Crippen LogP contribution < -0.4 is 10.1 Å². The summed E-state index contributed by atoms with van der Waals surface area (Å²) in [4.78, 5) is 21.8. The molecule has 0 fully saturated rings. The highest BCUT2D eigenvalue weighted by atomic mass is 32.2. The Morgan fingerprint density at radius 1 is 1.03 bits per heavy atom. The molecule has 2 heterocycles. The van der Waals surface area contributed by atoms with E-state index in [1.165, 1.54) is 11.8 Å². The number of fused-ring (bicyclic) bond motifs is 1. The number of nitrogens with one attached hydrogen (secondary N) is 1. The number of hydrogen-bond acceptors (Lipinski definition) is 7. The molecule has 4 aromatic rings. The first-order valence-corrected chi connectivity index (χ1v) is 10.6. The van der Waals surface area contributed by atoms with Crippen LogP contribution in [0.15, 0.2) is 53.7 Å². The number of aromatic nitrogens is 5. The quantitative estimate of drug-likeness (QED) is 0.459. The Morgan fingerprint density at radius 3 is 2.48 bits per heavy atom. The van der Waals surface area contributed by atoms with E-state index in [1.54, 1.807) is 7.11 Å². The van der Waals surface area contributed by atoms with Crippen molar-refractivity contribution in [3.8, 4) is 11.4 Å². The average molecular weight is 435 g/mol. The molecule has 0 aliphatic carbocycles. The molecule has 8 nitrogen and oxygen atoms in total. The van der Waals surface area contributed by atoms with E-state index in [4.69, 9.17) is 9.72 Å². The average Bonchev–Trinajstić information content (AvgIpc) is 3.14. The van der Waals surface area contributed by atoms with Crippen molar-refractivity contribution in [2.75, 3.05) is 12.4 Å². The van der Waals surface area contributed by atoms with Crippen LogP contribution in [0.4, 0.5) is 5.95 Å². The number of carbonyl (C=O) groups excluding carboxylic acids is 1. The fourth-order valence-electron chi connectivity index (χ4n) is 3.00. The van der Waals surface area contributed by atoms with Gasteiger partial charge < -0.3 is 4.74 Å². The minimum absolute atomic E-state index is 0.198. The van der Waals surface area contributed by atoms with Gasteiger partial charge in [0.25, 0.3) is 0 Å². The number of aryl methyl sites for hydroxylation is 2. The first-order chi connectivity index (χ1) is 15.0. The maximum atomic E-state index is 12.8. The summed E-state index contributed by atoms with van der Waals surface area (Å²) in [7, 11) is 1.64. The standard InChI is InChI=1S/C22H22N6O2S/c1-13-14(2)26-27-21(23-13)25-20(29)15(3)31-22-24-18-7-5-6-8-19(18)28(22)16-9-11-17(30-4)12-10-16/h5-12,15H,1-4H3,(H,23,25,27,29). The van der Waals surface area contributed by atoms with Crippen LogP contribution in [0.25, 0.3) is 16.7 Å². The van der Waals surface area contributed by atoms with Crippen molar-refractivity contribution in [3.63, 3.8) is 0 Å². The number of carbonyl (C=O) groups is 1. The van der Waals surface area contributed by atoms with Crippen molar-refractivity contribution in [2.45, 2.75) is 31.2 Å². The Bertz CT molecular complexity index is 1240. The van der Waals surface area contributed by atoms with Gasteiger partial charge in [0.1, 0.15) is 5.75 Å². The number of benzene rings is 2. The van der Waals surface area contributed by atoms with Gasteiger partial charge in [-0.1, -0.05) is 23.9 Å². The number of hydrogen-bond donors (Lipinski definition) is 1. The zero-order valence-electron chi connectivity index (χ0n) is 17.7. The Kier molecular flexibility index (Phi) is 5.85. The second-order valence-electron chi connectivity index (χ2n) is 6.97. The number of imidazole rings is 1. The summed E-state index contributed by atoms with van der Waals surface area (Å²) in [5.74, 6) is 0.754. The Labute approximate surface area is 184 Å². The van der Waals surface area contributed by atoms with Gasteiger partial charge in [-0.15, -0.1) is 5.10 Å². The smallest absolute Gasteiger partial charge is 0.249 e. The molecule has 4 rings (SSSR count). The lowest BCUT2D eigenvalue weighted by Gasteiger charge is -2.13. The summed E-state index contributed by atoms with van der Waals surface area (Å²) < 4.78 is 7.31. The summed E-state index contributed by atoms with van der Waals surface area (Å²) >= 11 is 1.37. The highest BCUT2D eigenvalue weighted by molar-refractivity contribution is 8.00. The molecule has 0 saturated heterocycles. The Hall–Kier alpha value is -3.46. The van der Waals surface area contributed by atoms with Crippen molar-refractivity contribution >= 4 is 34.7 Å². The first-order valence-electron chi connectivity index (χ1n) is 9.73. The van der Waals surface area contributed by atoms with Crippen molar-refractivity contribution < 1.29 is 9.53 Å². The van der Waals surface area contributed by atoms with E-state index in [0.29, 0.717) is 5.16 Å². The lowest BCUT2D eigenvalue weighted by molar-refractivity contribution is -0.115. The molecular weight excluding hydrogens is 412 g/mol. The van der Waals surface area contributed by atoms with Crippen LogP contribution in [-0.4, -0.2) is 43.0 Å². The van der Waals surface area contributed by atoms with Gasteiger partial charge in [-0.2, -0.15) is 5.10 Å². The number of methoxy groups -OCH3 is 1. The van der Waals surface area contributed by atoms with E-state index in [2.05, 4.69) is 20.5 Å². The van der Waals surface area contributed by atoms with Crippen LogP contribution >= 0.6 is 11.8 Å². The van der Waals surface area contributed by atoms with Crippen molar-refractivity contribution in [1.29, 1.82) is 0 Å². The van der Waals surface area contributed by atoms with Gasteiger partial charge in [0.15, 0.2) is 5.16 Å². The molecule has 0 spiro atoms. The molecule has 1 N–H and O–H groups in total. The van der Waals surface area contributed by atoms with Gasteiger partial charge >= 0.3 is 0 Å². The molecule has 158 valence electrons. The van der Waals surface area contributed by atoms with E-state index < -0.39 is 5.25 Å². The second-order valence-corrected chi connectivity index (χ2v) is 8.28. The number of thioether (sulfide) groups is 1. The third kappa shape index (κ3) is 4.36. The van der Waals surface area contributed by atoms with Crippen LogP contribution in [-0.2, 0) is 4.79 Å². The molecule has 0 aliphatic heterocycles. The van der Waals surface area contributed by atoms with Gasteiger partial charge in [-0.25, -0.2) is 9.97 Å². The van der Waals surface area contributed by atoms with E-state index in [9.17, 15) is 4.79 Å². The summed E-state index contributed by atoms with van der Waals surface area (Å²) in [6.45, 7) is 5.48. The van der Waals surface area contributed by atoms with Crippen LogP contribution in [0.2, 0.25) is 0 Å². The highest BCUT2D eigenvalue weighted by Gasteiger charge is 2.21. The van der Waals surface area contributed by atoms with Gasteiger partial charge in [0, 0.05) is 5.69 Å². The van der Waals surface area contributed by atoms with Crippen molar-refractivity contribution in [1.82, 2.24) is 24.7 Å². The summed E-state index contributed by atoms with van der Waals surface area (Å²) in [5.41, 5.74) is 4.21. The number of anilines is 1. The van der Waals surface area contributed by atoms with E-state index >= 15 is 0 Å². The Morgan fingerprint density at radius 2 is 1.77 bits per heavy atom. The largest absolute Gasteiger partial charge is 0.497 e. The van der Waals surface area contributed by atoms with Gasteiger partial charge in [0.2, 0.25) is 11.9 Å². The molecule has 1 amide bonds. The molecular formula is C22H22N6O2S. The lowest BCUT2D eigenvalue weighted by atomic mass is 10.2. The van der Waals surface area contributed by atoms with Crippen molar-refractivity contribution in [2.24, 2.45) is 0 Å². The van der Waals surface area contributed by atoms with Crippen LogP contribution in [0.3, 0.4) is 0 Å². The normalized spacial score (nSPS) is 12.0. The van der Waals surface area contributed by atoms with E-state index in [-0.39, 0.29) is 11.9 Å². The third-order valence-corrected chi connectivity index (χ3v) is 5.89. The molecule has 31 heavy (non-hydrogen) atoms. The molecule has 0 aliphatic rings. The molecule has 1 atom stereocenters. The SMILES string of the molecule is COc1ccc(-n2c(SC(C)C(=O)Nc3nnc(C)c(C)n3)nc3ccccc32)cc1. The third-order valence-electron chi connectivity index (χ3n) is 4.84. The van der Waals surface area contributed by atoms with Crippen LogP contribution in [0.1, 0.15) is 18.3 Å². The fraction of sp³-hybridized carbons (Fsp3) is 0.227. The molecule has 9 heteroatoms. The summed E-state index contributed by atoms with van der Waals surface area (Å²) in [6, 6.07) is 15.6. The van der Waals surface area contributed by atoms with Crippen LogP contribution in [0.5, 0.6) is 5.75 Å². The molecule has 2 aromatic heterocycles. The molecule has 0 radical (unpaired) electrons. The molecule has 1 unspecified atom stereocenters. The number of para-hydroxylation sites is 2. The number of nitrogens with zero attached hydrogens (tertiary/aromatic N) is 5. The molecule has 2 aromatic carbocycles. The van der Waals surface area contributed by atoms with Gasteiger partial charge in [-0.05, 0) is 57.2 Å². The fourth-order valence-corrected chi connectivity index (χ4v) is 3.94. The maximum Gasteiger partial charge on any atom is 0.249 e. The predicted molar refractivity (Wildman–Crippen MR) is 121 cm³/mol. The van der Waals surface area contributed by atoms with Crippen molar-refractivity contribution in [3.05, 3.63) is 59.9 Å². The van der Waals surface area contributed by atoms with E-state index in [0.717, 1.165) is 33.9 Å². The van der Waals surface area contributed by atoms with E-state index in [1.807, 2.05) is 73.9 Å². The number of ether oxygens (including phenoxy) is 1. The minimum atomic E-state index is -0.431. The Balaban J connectivity index is 1.62. The second kappa shape index (κ2) is 8.73. The number of rotatable bonds is 6. The van der Waals surface area contributed by atoms with Gasteiger partial charge in [-0.3, -0.25) is 14.7 Å². The monoisotopic (exact) mass is 434 g/mol. The molecule has 0 bridgehead atoms. The van der Waals surface area contributed by atoms with Crippen LogP contribution in [0, 0.1) is 13.8 Å². The lowest BCUT2D eigenvalue weighted by Crippen LogP contribution is -2.24.